The largest absolute Gasteiger partial charge is 0.465 e. The van der Waals surface area contributed by atoms with E-state index in [0.29, 0.717) is 6.67 Å². The van der Waals surface area contributed by atoms with Gasteiger partial charge in [-0.15, -0.1) is 0 Å². The lowest BCUT2D eigenvalue weighted by Gasteiger charge is -2.41. The summed E-state index contributed by atoms with van der Waals surface area (Å²) in [6.07, 6.45) is 2.67. The van der Waals surface area contributed by atoms with Gasteiger partial charge in [0.1, 0.15) is 5.76 Å². The van der Waals surface area contributed by atoms with Crippen LogP contribution in [0.15, 0.2) is 52.1 Å². The van der Waals surface area contributed by atoms with Gasteiger partial charge in [-0.05, 0) is 37.2 Å². The van der Waals surface area contributed by atoms with E-state index in [1.165, 1.54) is 0 Å². The highest BCUT2D eigenvalue weighted by Gasteiger charge is 2.36. The molecule has 0 unspecified atom stereocenters. The lowest BCUT2D eigenvalue weighted by molar-refractivity contribution is 0.0361. The summed E-state index contributed by atoms with van der Waals surface area (Å²) in [6.45, 7) is 7.34. The lowest BCUT2D eigenvalue weighted by Crippen LogP contribution is -2.57. The number of guanidine groups is 1. The molecule has 1 saturated heterocycles. The Bertz CT molecular complexity index is 1070. The van der Waals surface area contributed by atoms with Crippen LogP contribution in [0.2, 0.25) is 0 Å². The molecule has 0 spiro atoms. The predicted octanol–water partition coefficient (Wildman–Crippen LogP) is 1.89. The number of imidazole rings is 1. The molecule has 0 saturated carbocycles. The summed E-state index contributed by atoms with van der Waals surface area (Å²) in [6, 6.07) is 12.2. The average molecular weight is 422 g/mol. The van der Waals surface area contributed by atoms with E-state index in [9.17, 15) is 0 Å². The first-order valence-electron chi connectivity index (χ1n) is 11.0. The zero-order chi connectivity index (χ0) is 20.6. The molecule has 0 amide bonds. The van der Waals surface area contributed by atoms with E-state index < -0.39 is 0 Å². The smallest absolute Gasteiger partial charge is 0.216 e. The Labute approximate surface area is 180 Å². The molecule has 3 aromatic rings. The number of hydrogen-bond acceptors (Lipinski definition) is 8. The van der Waals surface area contributed by atoms with Crippen molar-refractivity contribution in [3.05, 3.63) is 48.4 Å². The van der Waals surface area contributed by atoms with Gasteiger partial charge in [-0.2, -0.15) is 0 Å². The van der Waals surface area contributed by atoms with Gasteiger partial charge in [-0.1, -0.05) is 12.1 Å². The molecule has 6 rings (SSSR count). The molecule has 3 aliphatic heterocycles. The zero-order valence-electron chi connectivity index (χ0n) is 17.5. The second-order valence-corrected chi connectivity index (χ2v) is 8.23. The van der Waals surface area contributed by atoms with E-state index in [4.69, 9.17) is 19.1 Å². The Morgan fingerprint density at radius 2 is 1.90 bits per heavy atom. The maximum Gasteiger partial charge on any atom is 0.216 e. The number of aromatic nitrogens is 2. The van der Waals surface area contributed by atoms with Crippen molar-refractivity contribution in [2.45, 2.75) is 12.6 Å². The molecule has 3 aliphatic rings. The van der Waals surface area contributed by atoms with Gasteiger partial charge in [-0.3, -0.25) is 19.3 Å². The monoisotopic (exact) mass is 421 g/mol. The van der Waals surface area contributed by atoms with Gasteiger partial charge in [-0.25, -0.2) is 9.98 Å². The minimum atomic E-state index is -0.166. The van der Waals surface area contributed by atoms with Crippen LogP contribution in [0.5, 0.6) is 0 Å². The number of nitrogens with one attached hydrogen (secondary N) is 1. The molecule has 1 atom stereocenters. The van der Waals surface area contributed by atoms with Crippen LogP contribution in [0.1, 0.15) is 18.3 Å². The molecule has 5 heterocycles. The highest BCUT2D eigenvalue weighted by molar-refractivity contribution is 5.98. The first-order valence-corrected chi connectivity index (χ1v) is 11.0. The van der Waals surface area contributed by atoms with Gasteiger partial charge < -0.3 is 14.5 Å². The van der Waals surface area contributed by atoms with E-state index in [0.717, 1.165) is 81.2 Å². The Morgan fingerprint density at radius 3 is 2.77 bits per heavy atom. The Kier molecular flexibility index (Phi) is 4.86. The van der Waals surface area contributed by atoms with Crippen LogP contribution in [-0.4, -0.2) is 78.0 Å². The number of nitrogens with zero attached hydrogens (tertiary/aromatic N) is 6. The van der Waals surface area contributed by atoms with Crippen LogP contribution in [0.25, 0.3) is 11.0 Å². The van der Waals surface area contributed by atoms with Crippen LogP contribution in [0, 0.1) is 0 Å². The van der Waals surface area contributed by atoms with E-state index in [1.54, 1.807) is 6.26 Å². The number of rotatable bonds is 5. The van der Waals surface area contributed by atoms with E-state index >= 15 is 0 Å². The number of ether oxygens (including phenoxy) is 1. The summed E-state index contributed by atoms with van der Waals surface area (Å²) in [5, 5.41) is 3.58. The summed E-state index contributed by atoms with van der Waals surface area (Å²) in [7, 11) is 0. The molecular weight excluding hydrogens is 394 g/mol. The number of benzene rings is 1. The minimum absolute atomic E-state index is 0.166. The number of para-hydroxylation sites is 2. The third kappa shape index (κ3) is 3.48. The molecule has 31 heavy (non-hydrogen) atoms. The quantitative estimate of drug-likeness (QED) is 0.674. The minimum Gasteiger partial charge on any atom is -0.465 e. The summed E-state index contributed by atoms with van der Waals surface area (Å²) >= 11 is 0. The highest BCUT2D eigenvalue weighted by Crippen LogP contribution is 2.33. The molecule has 0 radical (unpaired) electrons. The van der Waals surface area contributed by atoms with Crippen LogP contribution < -0.4 is 10.2 Å². The van der Waals surface area contributed by atoms with E-state index in [1.807, 2.05) is 24.3 Å². The Balaban J connectivity index is 1.25. The molecule has 1 N–H and O–H groups in total. The molecule has 0 bridgehead atoms. The normalized spacial score (nSPS) is 22.1. The third-order valence-electron chi connectivity index (χ3n) is 6.23. The van der Waals surface area contributed by atoms with Crippen LogP contribution in [-0.2, 0) is 4.74 Å². The number of fused-ring (bicyclic) bond motifs is 5. The van der Waals surface area contributed by atoms with Crippen LogP contribution in [0.4, 0.5) is 5.95 Å². The SMILES string of the molecule is c1coc([C@@H]2NC3=NCN(CCCN4CCOCC4)CN3c3nc4ccccc4n32)c1. The molecule has 2 aromatic heterocycles. The fourth-order valence-electron chi connectivity index (χ4n) is 4.64. The molecule has 9 nitrogen and oxygen atoms in total. The van der Waals surface area contributed by atoms with Gasteiger partial charge in [0.2, 0.25) is 11.9 Å². The summed E-state index contributed by atoms with van der Waals surface area (Å²) in [4.78, 5) is 16.9. The number of aliphatic imine (C=N–C) groups is 1. The number of furan rings is 1. The second kappa shape index (κ2) is 7.99. The Morgan fingerprint density at radius 1 is 1.03 bits per heavy atom. The van der Waals surface area contributed by atoms with Crippen molar-refractivity contribution in [1.82, 2.24) is 24.7 Å². The second-order valence-electron chi connectivity index (χ2n) is 8.23. The summed E-state index contributed by atoms with van der Waals surface area (Å²) in [5.74, 6) is 2.60. The fraction of sp³-hybridized carbons (Fsp3) is 0.455. The zero-order valence-corrected chi connectivity index (χ0v) is 17.5. The topological polar surface area (TPSA) is 74.3 Å². The van der Waals surface area contributed by atoms with Gasteiger partial charge in [0.15, 0.2) is 6.17 Å². The first-order chi connectivity index (χ1) is 15.4. The molecule has 9 heteroatoms. The first kappa shape index (κ1) is 18.9. The van der Waals surface area contributed by atoms with Crippen molar-refractivity contribution < 1.29 is 9.15 Å². The van der Waals surface area contributed by atoms with Gasteiger partial charge >= 0.3 is 0 Å². The van der Waals surface area contributed by atoms with Gasteiger partial charge in [0.25, 0.3) is 0 Å². The fourth-order valence-corrected chi connectivity index (χ4v) is 4.64. The van der Waals surface area contributed by atoms with E-state index in [-0.39, 0.29) is 6.17 Å². The van der Waals surface area contributed by atoms with Crippen molar-refractivity contribution in [3.63, 3.8) is 0 Å². The standard InChI is InChI=1S/C22H27N7O2/c1-2-6-18-17(5-1)24-22-28-16-27(9-4-8-26-10-13-30-14-11-26)15-23-21(28)25-20(29(18)22)19-7-3-12-31-19/h1-3,5-7,12,20H,4,8-11,13-16H2,(H,23,25)/t20-/m1/s1. The van der Waals surface area contributed by atoms with E-state index in [2.05, 4.69) is 36.7 Å². The van der Waals surface area contributed by atoms with Crippen LogP contribution >= 0.6 is 0 Å². The molecular formula is C22H27N7O2. The summed E-state index contributed by atoms with van der Waals surface area (Å²) < 4.78 is 13.4. The molecule has 162 valence electrons. The van der Waals surface area contributed by atoms with Crippen molar-refractivity contribution in [2.24, 2.45) is 4.99 Å². The lowest BCUT2D eigenvalue weighted by atomic mass is 10.2. The molecule has 0 aliphatic carbocycles. The van der Waals surface area contributed by atoms with Gasteiger partial charge in [0.05, 0.1) is 43.8 Å². The number of hydrogen-bond donors (Lipinski definition) is 1. The number of morpholine rings is 1. The predicted molar refractivity (Wildman–Crippen MR) is 118 cm³/mol. The molecule has 1 aromatic carbocycles. The average Bonchev–Trinajstić information content (AvgIpc) is 3.48. The molecule has 1 fully saturated rings. The summed E-state index contributed by atoms with van der Waals surface area (Å²) in [5.41, 5.74) is 2.05. The van der Waals surface area contributed by atoms with Crippen molar-refractivity contribution in [1.29, 1.82) is 0 Å². The maximum absolute atomic E-state index is 5.75. The van der Waals surface area contributed by atoms with Crippen molar-refractivity contribution >= 4 is 22.9 Å². The Hall–Kier alpha value is -2.88. The highest BCUT2D eigenvalue weighted by atomic mass is 16.5. The van der Waals surface area contributed by atoms with Crippen molar-refractivity contribution in [3.8, 4) is 0 Å². The van der Waals surface area contributed by atoms with Crippen LogP contribution in [0.3, 0.4) is 0 Å². The van der Waals surface area contributed by atoms with Gasteiger partial charge in [0, 0.05) is 19.6 Å². The number of anilines is 1. The third-order valence-corrected chi connectivity index (χ3v) is 6.23. The van der Waals surface area contributed by atoms with Crippen molar-refractivity contribution in [2.75, 3.05) is 57.6 Å². The maximum atomic E-state index is 5.75.